The molecular formula is C21H24N2O2. The van der Waals surface area contributed by atoms with E-state index in [1.54, 1.807) is 6.08 Å². The minimum Gasteiger partial charge on any atom is -0.484 e. The van der Waals surface area contributed by atoms with Gasteiger partial charge in [-0.15, -0.1) is 0 Å². The first-order chi connectivity index (χ1) is 12.2. The Morgan fingerprint density at radius 1 is 1.16 bits per heavy atom. The Bertz CT molecular complexity index is 706. The van der Waals surface area contributed by atoms with Gasteiger partial charge in [0.2, 0.25) is 0 Å². The summed E-state index contributed by atoms with van der Waals surface area (Å²) in [6.45, 7) is 4.28. The van der Waals surface area contributed by atoms with Crippen molar-refractivity contribution >= 4 is 18.2 Å². The lowest BCUT2D eigenvalue weighted by Crippen LogP contribution is -2.24. The molecule has 0 fully saturated rings. The van der Waals surface area contributed by atoms with E-state index in [4.69, 9.17) is 4.74 Å². The normalized spacial score (nSPS) is 12.4. The summed E-state index contributed by atoms with van der Waals surface area (Å²) in [5, 5.41) is 3.86. The topological polar surface area (TPSA) is 50.7 Å². The first-order valence-corrected chi connectivity index (χ1v) is 8.45. The van der Waals surface area contributed by atoms with Gasteiger partial charge in [-0.25, -0.2) is 5.43 Å². The molecule has 0 radical (unpaired) electrons. The summed E-state index contributed by atoms with van der Waals surface area (Å²) in [6.07, 6.45) is 6.31. The maximum Gasteiger partial charge on any atom is 0.277 e. The number of amides is 1. The molecule has 0 saturated heterocycles. The molecule has 0 unspecified atom stereocenters. The number of hydrogen-bond donors (Lipinski definition) is 1. The molecule has 1 N–H and O–H groups in total. The van der Waals surface area contributed by atoms with E-state index < -0.39 is 0 Å². The number of nitrogens with zero attached hydrogens (tertiary/aromatic N) is 1. The van der Waals surface area contributed by atoms with Crippen molar-refractivity contribution in [1.82, 2.24) is 5.43 Å². The fraction of sp³-hybridized carbons (Fsp3) is 0.238. The van der Waals surface area contributed by atoms with Gasteiger partial charge in [-0.05, 0) is 41.7 Å². The zero-order valence-electron chi connectivity index (χ0n) is 14.7. The molecule has 0 aromatic heterocycles. The van der Waals surface area contributed by atoms with Crippen molar-refractivity contribution < 1.29 is 9.53 Å². The van der Waals surface area contributed by atoms with Crippen LogP contribution in [0.5, 0.6) is 5.75 Å². The molecule has 0 aliphatic carbocycles. The third-order valence-electron chi connectivity index (χ3n) is 3.87. The second-order valence-corrected chi connectivity index (χ2v) is 5.75. The molecule has 4 nitrogen and oxygen atoms in total. The van der Waals surface area contributed by atoms with Crippen molar-refractivity contribution in [2.24, 2.45) is 5.10 Å². The average Bonchev–Trinajstić information content (AvgIpc) is 2.66. The molecule has 2 rings (SSSR count). The van der Waals surface area contributed by atoms with Gasteiger partial charge in [0.1, 0.15) is 5.75 Å². The molecule has 2 aromatic carbocycles. The molecule has 1 amide bonds. The van der Waals surface area contributed by atoms with Gasteiger partial charge in [-0.3, -0.25) is 4.79 Å². The minimum atomic E-state index is -0.296. The second kappa shape index (κ2) is 10.1. The van der Waals surface area contributed by atoms with Crippen molar-refractivity contribution in [2.75, 3.05) is 6.61 Å². The second-order valence-electron chi connectivity index (χ2n) is 5.75. The van der Waals surface area contributed by atoms with Gasteiger partial charge in [0.15, 0.2) is 6.61 Å². The van der Waals surface area contributed by atoms with Crippen LogP contribution in [0, 0.1) is 0 Å². The van der Waals surface area contributed by atoms with Gasteiger partial charge < -0.3 is 4.74 Å². The number of benzene rings is 2. The zero-order chi connectivity index (χ0) is 17.9. The van der Waals surface area contributed by atoms with Gasteiger partial charge in [0, 0.05) is 6.21 Å². The maximum atomic E-state index is 11.7. The summed E-state index contributed by atoms with van der Waals surface area (Å²) in [5.41, 5.74) is 4.78. The molecule has 0 spiro atoms. The lowest BCUT2D eigenvalue weighted by Gasteiger charge is -2.10. The molecule has 2 aromatic rings. The number of hydrazone groups is 1. The highest BCUT2D eigenvalue weighted by molar-refractivity contribution is 5.81. The first-order valence-electron chi connectivity index (χ1n) is 8.45. The summed E-state index contributed by atoms with van der Waals surface area (Å²) < 4.78 is 5.46. The summed E-state index contributed by atoms with van der Waals surface area (Å²) in [7, 11) is 0. The lowest BCUT2D eigenvalue weighted by molar-refractivity contribution is -0.123. The molecule has 0 aliphatic rings. The molecule has 1 atom stereocenters. The number of nitrogens with one attached hydrogen (secondary N) is 1. The van der Waals surface area contributed by atoms with Crippen molar-refractivity contribution in [2.45, 2.75) is 26.2 Å². The minimum absolute atomic E-state index is 0.0670. The largest absolute Gasteiger partial charge is 0.484 e. The highest BCUT2D eigenvalue weighted by Gasteiger charge is 2.04. The fourth-order valence-electron chi connectivity index (χ4n) is 2.18. The first kappa shape index (κ1) is 18.5. The standard InChI is InChI=1S/C21H24N2O2/c1-3-17(2)19-11-13-20(14-12-19)25-16-21(24)23-22-15-7-10-18-8-5-4-6-9-18/h4-15,17H,3,16H2,1-2H3,(H,23,24)/b10-7+,22-15-/t17-/m1/s1. The summed E-state index contributed by atoms with van der Waals surface area (Å²) in [6, 6.07) is 17.7. The van der Waals surface area contributed by atoms with Gasteiger partial charge in [-0.2, -0.15) is 5.10 Å². The smallest absolute Gasteiger partial charge is 0.277 e. The van der Waals surface area contributed by atoms with Gasteiger partial charge >= 0.3 is 0 Å². The van der Waals surface area contributed by atoms with Crippen LogP contribution in [0.3, 0.4) is 0 Å². The predicted octanol–water partition coefficient (Wildman–Crippen LogP) is 4.39. The van der Waals surface area contributed by atoms with Crippen LogP contribution in [0.25, 0.3) is 6.08 Å². The highest BCUT2D eigenvalue weighted by atomic mass is 16.5. The summed E-state index contributed by atoms with van der Waals surface area (Å²) in [5.74, 6) is 0.904. The third kappa shape index (κ3) is 6.63. The van der Waals surface area contributed by atoms with Gasteiger partial charge in [0.05, 0.1) is 0 Å². The Morgan fingerprint density at radius 3 is 2.56 bits per heavy atom. The van der Waals surface area contributed by atoms with Crippen LogP contribution in [0.15, 0.2) is 65.8 Å². The molecule has 0 aliphatic heterocycles. The van der Waals surface area contributed by atoms with Crippen LogP contribution >= 0.6 is 0 Å². The third-order valence-corrected chi connectivity index (χ3v) is 3.87. The molecule has 4 heteroatoms. The summed E-state index contributed by atoms with van der Waals surface area (Å²) >= 11 is 0. The molecule has 25 heavy (non-hydrogen) atoms. The van der Waals surface area contributed by atoms with E-state index >= 15 is 0 Å². The molecule has 130 valence electrons. The van der Waals surface area contributed by atoms with Crippen molar-refractivity contribution in [3.05, 3.63) is 71.8 Å². The van der Waals surface area contributed by atoms with E-state index in [1.165, 1.54) is 11.8 Å². The maximum absolute atomic E-state index is 11.7. The number of rotatable bonds is 8. The lowest BCUT2D eigenvalue weighted by atomic mass is 9.99. The van der Waals surface area contributed by atoms with Crippen LogP contribution in [-0.4, -0.2) is 18.7 Å². The van der Waals surface area contributed by atoms with Crippen molar-refractivity contribution in [3.63, 3.8) is 0 Å². The quantitative estimate of drug-likeness (QED) is 0.574. The number of carbonyl (C=O) groups excluding carboxylic acids is 1. The summed E-state index contributed by atoms with van der Waals surface area (Å²) in [4.78, 5) is 11.7. The number of hydrogen-bond acceptors (Lipinski definition) is 3. The van der Waals surface area contributed by atoms with Crippen LogP contribution in [-0.2, 0) is 4.79 Å². The zero-order valence-corrected chi connectivity index (χ0v) is 14.7. The van der Waals surface area contributed by atoms with E-state index in [0.717, 1.165) is 12.0 Å². The average molecular weight is 336 g/mol. The van der Waals surface area contributed by atoms with Crippen LogP contribution in [0.4, 0.5) is 0 Å². The van der Waals surface area contributed by atoms with Gasteiger partial charge in [-0.1, -0.05) is 62.4 Å². The van der Waals surface area contributed by atoms with E-state index in [0.29, 0.717) is 11.7 Å². The van der Waals surface area contributed by atoms with E-state index in [9.17, 15) is 4.79 Å². The Kier molecular flexibility index (Phi) is 7.44. The molecule has 0 saturated carbocycles. The number of carbonyl (C=O) groups is 1. The van der Waals surface area contributed by atoms with E-state index in [1.807, 2.05) is 60.7 Å². The fourth-order valence-corrected chi connectivity index (χ4v) is 2.18. The Hall–Kier alpha value is -2.88. The van der Waals surface area contributed by atoms with Crippen LogP contribution < -0.4 is 10.2 Å². The van der Waals surface area contributed by atoms with Crippen LogP contribution in [0.2, 0.25) is 0 Å². The predicted molar refractivity (Wildman–Crippen MR) is 103 cm³/mol. The van der Waals surface area contributed by atoms with Crippen LogP contribution in [0.1, 0.15) is 37.3 Å². The molecule has 0 heterocycles. The number of ether oxygens (including phenoxy) is 1. The Morgan fingerprint density at radius 2 is 1.88 bits per heavy atom. The highest BCUT2D eigenvalue weighted by Crippen LogP contribution is 2.21. The van der Waals surface area contributed by atoms with Gasteiger partial charge in [0.25, 0.3) is 5.91 Å². The van der Waals surface area contributed by atoms with Crippen molar-refractivity contribution in [3.8, 4) is 5.75 Å². The molecule has 0 bridgehead atoms. The Balaban J connectivity index is 1.71. The Labute approximate surface area is 149 Å². The number of allylic oxidation sites excluding steroid dienone is 1. The molecular weight excluding hydrogens is 312 g/mol. The van der Waals surface area contributed by atoms with E-state index in [-0.39, 0.29) is 12.5 Å². The van der Waals surface area contributed by atoms with E-state index in [2.05, 4.69) is 24.4 Å². The van der Waals surface area contributed by atoms with Crippen molar-refractivity contribution in [1.29, 1.82) is 0 Å². The SMILES string of the molecule is CC[C@@H](C)c1ccc(OCC(=O)N/N=C\C=C\c2ccccc2)cc1. The monoisotopic (exact) mass is 336 g/mol.